The summed E-state index contributed by atoms with van der Waals surface area (Å²) >= 11 is 2.55. The minimum absolute atomic E-state index is 0.578. The van der Waals surface area contributed by atoms with Gasteiger partial charge in [0.2, 0.25) is 0 Å². The van der Waals surface area contributed by atoms with Gasteiger partial charge in [0.05, 0.1) is 4.92 Å². The van der Waals surface area contributed by atoms with Crippen LogP contribution in [0.15, 0.2) is 15.6 Å². The summed E-state index contributed by atoms with van der Waals surface area (Å²) in [6.07, 6.45) is -5.29. The van der Waals surface area contributed by atoms with Gasteiger partial charge in [0.25, 0.3) is 9.05 Å². The maximum absolute atomic E-state index is 12.1. The minimum atomic E-state index is -5.29. The molecule has 0 aromatic carbocycles. The van der Waals surface area contributed by atoms with Gasteiger partial charge < -0.3 is 4.74 Å². The van der Waals surface area contributed by atoms with Crippen LogP contribution in [0.5, 0.6) is 5.88 Å². The smallest absolute Gasteiger partial charge is 0.381 e. The molecule has 0 aliphatic heterocycles. The van der Waals surface area contributed by atoms with Crippen LogP contribution in [0.4, 0.5) is 18.9 Å². The molecule has 7 nitrogen and oxygen atoms in total. The summed E-state index contributed by atoms with van der Waals surface area (Å²) in [5.41, 5.74) is -1.18. The van der Waals surface area contributed by atoms with Gasteiger partial charge in [-0.1, -0.05) is 0 Å². The first-order valence-electron chi connectivity index (χ1n) is 3.97. The molecule has 0 fully saturated rings. The van der Waals surface area contributed by atoms with Crippen molar-refractivity contribution in [1.29, 1.82) is 0 Å². The number of halogens is 5. The molecule has 106 valence electrons. The number of ether oxygens (including phenoxy) is 1. The molecule has 0 bridgehead atoms. The van der Waals surface area contributed by atoms with Gasteiger partial charge in [-0.15, -0.1) is 13.2 Å². The molecule has 0 spiro atoms. The van der Waals surface area contributed by atoms with Crippen molar-refractivity contribution in [1.82, 2.24) is 4.98 Å². The predicted octanol–water partition coefficient (Wildman–Crippen LogP) is 2.58. The van der Waals surface area contributed by atoms with Gasteiger partial charge in [0.1, 0.15) is 4.47 Å². The number of nitro groups is 1. The fraction of sp³-hybridized carbons (Fsp3) is 0.167. The van der Waals surface area contributed by atoms with Crippen molar-refractivity contribution in [3.8, 4) is 5.88 Å². The van der Waals surface area contributed by atoms with E-state index < -0.39 is 41.4 Å². The number of aromatic nitrogens is 1. The third kappa shape index (κ3) is 4.18. The molecular weight excluding hydrogens is 384 g/mol. The van der Waals surface area contributed by atoms with E-state index in [-0.39, 0.29) is 0 Å². The highest BCUT2D eigenvalue weighted by Crippen LogP contribution is 2.37. The van der Waals surface area contributed by atoms with Gasteiger partial charge in [0, 0.05) is 10.7 Å². The van der Waals surface area contributed by atoms with E-state index in [1.54, 1.807) is 0 Å². The molecule has 0 radical (unpaired) electrons. The quantitative estimate of drug-likeness (QED) is 0.450. The highest BCUT2D eigenvalue weighted by Gasteiger charge is 2.37. The molecule has 0 amide bonds. The van der Waals surface area contributed by atoms with Crippen LogP contribution < -0.4 is 4.74 Å². The number of rotatable bonds is 3. The molecule has 13 heteroatoms. The Morgan fingerprint density at radius 3 is 2.37 bits per heavy atom. The zero-order valence-electron chi connectivity index (χ0n) is 8.31. The Bertz CT molecular complexity index is 634. The van der Waals surface area contributed by atoms with Crippen molar-refractivity contribution < 1.29 is 31.2 Å². The maximum atomic E-state index is 12.1. The normalized spacial score (nSPS) is 12.3. The van der Waals surface area contributed by atoms with E-state index in [4.69, 9.17) is 10.7 Å². The van der Waals surface area contributed by atoms with Crippen molar-refractivity contribution in [2.75, 3.05) is 0 Å². The van der Waals surface area contributed by atoms with Crippen molar-refractivity contribution in [2.45, 2.75) is 11.4 Å². The molecule has 1 rings (SSSR count). The average Bonchev–Trinajstić information content (AvgIpc) is 2.11. The van der Waals surface area contributed by atoms with E-state index in [9.17, 15) is 31.7 Å². The molecule has 0 saturated carbocycles. The SMILES string of the molecule is O=[N+]([O-])c1c(Br)cc(S(=O)(=O)Cl)nc1OC(F)(F)F. The molecule has 0 unspecified atom stereocenters. The van der Waals surface area contributed by atoms with E-state index in [0.717, 1.165) is 0 Å². The van der Waals surface area contributed by atoms with Crippen LogP contribution in [-0.4, -0.2) is 24.7 Å². The van der Waals surface area contributed by atoms with E-state index in [1.165, 1.54) is 0 Å². The van der Waals surface area contributed by atoms with Crippen molar-refractivity contribution in [2.24, 2.45) is 0 Å². The summed E-state index contributed by atoms with van der Waals surface area (Å²) in [7, 11) is 0.403. The number of hydrogen-bond donors (Lipinski definition) is 0. The Balaban J connectivity index is 3.55. The first kappa shape index (κ1) is 15.9. The highest BCUT2D eigenvalue weighted by molar-refractivity contribution is 9.10. The van der Waals surface area contributed by atoms with Crippen LogP contribution >= 0.6 is 26.6 Å². The third-order valence-electron chi connectivity index (χ3n) is 1.54. The summed E-state index contributed by atoms with van der Waals surface area (Å²) in [6.45, 7) is 0. The fourth-order valence-corrected chi connectivity index (χ4v) is 2.31. The summed E-state index contributed by atoms with van der Waals surface area (Å²) < 4.78 is 60.8. The van der Waals surface area contributed by atoms with Gasteiger partial charge >= 0.3 is 17.9 Å². The molecule has 0 saturated heterocycles. The average molecular weight is 386 g/mol. The fourth-order valence-electron chi connectivity index (χ4n) is 0.935. The lowest BCUT2D eigenvalue weighted by atomic mass is 10.4. The van der Waals surface area contributed by atoms with Gasteiger partial charge in [-0.2, -0.15) is 4.98 Å². The van der Waals surface area contributed by atoms with Crippen LogP contribution in [0.25, 0.3) is 0 Å². The van der Waals surface area contributed by atoms with Crippen LogP contribution in [0.3, 0.4) is 0 Å². The Morgan fingerprint density at radius 2 is 2.00 bits per heavy atom. The second-order valence-corrected chi connectivity index (χ2v) is 6.21. The molecule has 1 heterocycles. The van der Waals surface area contributed by atoms with E-state index in [2.05, 4.69) is 25.7 Å². The lowest BCUT2D eigenvalue weighted by Crippen LogP contribution is -2.19. The van der Waals surface area contributed by atoms with E-state index >= 15 is 0 Å². The molecule has 0 aliphatic rings. The van der Waals surface area contributed by atoms with E-state index in [0.29, 0.717) is 6.07 Å². The summed E-state index contributed by atoms with van der Waals surface area (Å²) in [6, 6.07) is 0.587. The lowest BCUT2D eigenvalue weighted by Gasteiger charge is -2.09. The molecule has 1 aromatic rings. The molecule has 0 N–H and O–H groups in total. The van der Waals surface area contributed by atoms with Gasteiger partial charge in [-0.05, 0) is 22.0 Å². The Hall–Kier alpha value is -1.14. The molecular formula is C6HBrClF3N2O5S. The molecule has 0 aliphatic carbocycles. The van der Waals surface area contributed by atoms with Gasteiger partial charge in [-0.3, -0.25) is 10.1 Å². The number of alkyl halides is 3. The molecule has 0 atom stereocenters. The predicted molar refractivity (Wildman–Crippen MR) is 58.3 cm³/mol. The maximum Gasteiger partial charge on any atom is 0.574 e. The van der Waals surface area contributed by atoms with Crippen LogP contribution in [0.1, 0.15) is 0 Å². The summed E-state index contributed by atoms with van der Waals surface area (Å²) in [5, 5.41) is 9.57. The number of nitrogens with zero attached hydrogens (tertiary/aromatic N) is 2. The Morgan fingerprint density at radius 1 is 1.47 bits per heavy atom. The Kier molecular flexibility index (Phi) is 4.27. The standard InChI is InChI=1S/C6HBrClF3N2O5S/c7-2-1-3(19(8,16)17)12-5(4(2)13(14)15)18-6(9,10)11/h1H. The third-order valence-corrected chi connectivity index (χ3v) is 3.32. The summed E-state index contributed by atoms with van der Waals surface area (Å²) in [5.74, 6) is -1.54. The van der Waals surface area contributed by atoms with Crippen LogP contribution in [-0.2, 0) is 9.05 Å². The van der Waals surface area contributed by atoms with Crippen molar-refractivity contribution >= 4 is 41.4 Å². The summed E-state index contributed by atoms with van der Waals surface area (Å²) in [4.78, 5) is 12.3. The zero-order valence-corrected chi connectivity index (χ0v) is 11.5. The highest BCUT2D eigenvalue weighted by atomic mass is 79.9. The second kappa shape index (κ2) is 5.09. The Labute approximate surface area is 116 Å². The topological polar surface area (TPSA) is 99.4 Å². The number of hydrogen-bond acceptors (Lipinski definition) is 6. The molecule has 19 heavy (non-hydrogen) atoms. The van der Waals surface area contributed by atoms with Crippen molar-refractivity contribution in [3.63, 3.8) is 0 Å². The zero-order chi connectivity index (χ0) is 15.0. The van der Waals surface area contributed by atoms with E-state index in [1.807, 2.05) is 0 Å². The number of pyridine rings is 1. The van der Waals surface area contributed by atoms with Crippen LogP contribution in [0, 0.1) is 10.1 Å². The largest absolute Gasteiger partial charge is 0.574 e. The van der Waals surface area contributed by atoms with Crippen molar-refractivity contribution in [3.05, 3.63) is 20.7 Å². The monoisotopic (exact) mass is 384 g/mol. The second-order valence-electron chi connectivity index (χ2n) is 2.84. The van der Waals surface area contributed by atoms with Gasteiger partial charge in [0.15, 0.2) is 5.03 Å². The van der Waals surface area contributed by atoms with Gasteiger partial charge in [-0.25, -0.2) is 8.42 Å². The first-order valence-corrected chi connectivity index (χ1v) is 7.07. The molecule has 1 aromatic heterocycles. The lowest BCUT2D eigenvalue weighted by molar-refractivity contribution is -0.390. The first-order chi connectivity index (χ1) is 8.42. The van der Waals surface area contributed by atoms with Crippen LogP contribution in [0.2, 0.25) is 0 Å². The minimum Gasteiger partial charge on any atom is -0.381 e.